The van der Waals surface area contributed by atoms with E-state index in [9.17, 15) is 24.4 Å². The molecule has 1 amide bonds. The Morgan fingerprint density at radius 2 is 2.13 bits per heavy atom. The molecule has 0 fully saturated rings. The fraction of sp³-hybridized carbons (Fsp3) is 0.267. The van der Waals surface area contributed by atoms with E-state index >= 15 is 0 Å². The molecule has 7 nitrogen and oxygen atoms in total. The summed E-state index contributed by atoms with van der Waals surface area (Å²) in [5, 5.41) is 23.6. The molecular weight excluding hydrogens is 307 g/mol. The lowest BCUT2D eigenvalue weighted by Crippen LogP contribution is -2.38. The number of nitro groups is 1. The van der Waals surface area contributed by atoms with Crippen LogP contribution in [0.3, 0.4) is 0 Å². The Morgan fingerprint density at radius 1 is 1.43 bits per heavy atom. The molecule has 0 aliphatic carbocycles. The number of amides is 1. The van der Waals surface area contributed by atoms with E-state index in [0.29, 0.717) is 5.76 Å². The van der Waals surface area contributed by atoms with Gasteiger partial charge in [0.25, 0.3) is 11.6 Å². The Kier molecular flexibility index (Phi) is 4.46. The van der Waals surface area contributed by atoms with Crippen LogP contribution in [0.1, 0.15) is 28.8 Å². The maximum atomic E-state index is 13.2. The first-order chi connectivity index (χ1) is 10.7. The number of carbonyl (C=O) groups is 1. The van der Waals surface area contributed by atoms with Crippen LogP contribution in [-0.4, -0.2) is 22.5 Å². The molecule has 8 heteroatoms. The molecule has 0 radical (unpaired) electrons. The second-order valence-electron chi connectivity index (χ2n) is 5.29. The van der Waals surface area contributed by atoms with Gasteiger partial charge in [0.2, 0.25) is 0 Å². The van der Waals surface area contributed by atoms with Crippen LogP contribution in [0, 0.1) is 22.9 Å². The van der Waals surface area contributed by atoms with E-state index in [4.69, 9.17) is 4.42 Å². The number of benzene rings is 1. The van der Waals surface area contributed by atoms with Crippen LogP contribution in [0.25, 0.3) is 0 Å². The molecule has 1 atom stereocenters. The molecule has 1 aromatic carbocycles. The maximum absolute atomic E-state index is 13.2. The fourth-order valence-electron chi connectivity index (χ4n) is 2.01. The van der Waals surface area contributed by atoms with E-state index in [1.54, 1.807) is 19.1 Å². The molecule has 1 aromatic heterocycles. The third-order valence-electron chi connectivity index (χ3n) is 3.26. The van der Waals surface area contributed by atoms with Crippen molar-refractivity contribution in [2.24, 2.45) is 0 Å². The van der Waals surface area contributed by atoms with Gasteiger partial charge in [-0.2, -0.15) is 0 Å². The van der Waals surface area contributed by atoms with Gasteiger partial charge in [0.15, 0.2) is 0 Å². The molecule has 0 bridgehead atoms. The van der Waals surface area contributed by atoms with Gasteiger partial charge in [-0.1, -0.05) is 0 Å². The lowest BCUT2D eigenvalue weighted by molar-refractivity contribution is -0.385. The smallest absolute Gasteiger partial charge is 0.282 e. The van der Waals surface area contributed by atoms with Gasteiger partial charge in [-0.25, -0.2) is 4.39 Å². The highest BCUT2D eigenvalue weighted by atomic mass is 19.1. The van der Waals surface area contributed by atoms with E-state index in [0.717, 1.165) is 18.2 Å². The van der Waals surface area contributed by atoms with Crippen LogP contribution < -0.4 is 5.32 Å². The lowest BCUT2D eigenvalue weighted by Gasteiger charge is -2.21. The van der Waals surface area contributed by atoms with Crippen molar-refractivity contribution in [3.8, 4) is 0 Å². The van der Waals surface area contributed by atoms with Crippen molar-refractivity contribution in [3.63, 3.8) is 0 Å². The molecule has 0 saturated carbocycles. The zero-order chi connectivity index (χ0) is 17.2. The monoisotopic (exact) mass is 322 g/mol. The second-order valence-corrected chi connectivity index (χ2v) is 5.29. The zero-order valence-electron chi connectivity index (χ0n) is 12.5. The summed E-state index contributed by atoms with van der Waals surface area (Å²) in [6.07, 6.45) is 0. The van der Waals surface area contributed by atoms with Gasteiger partial charge in [0.05, 0.1) is 11.5 Å². The van der Waals surface area contributed by atoms with Crippen LogP contribution in [0.15, 0.2) is 34.7 Å². The molecule has 0 aliphatic rings. The number of nitrogens with one attached hydrogen (secondary N) is 1. The first-order valence-corrected chi connectivity index (χ1v) is 6.72. The number of nitrogens with zero attached hydrogens (tertiary/aromatic N) is 1. The molecule has 0 spiro atoms. The van der Waals surface area contributed by atoms with Gasteiger partial charge in [-0.3, -0.25) is 14.9 Å². The molecule has 2 N–H and O–H groups in total. The normalized spacial score (nSPS) is 13.4. The molecular formula is C15H15FN2O5. The number of carbonyl (C=O) groups excluding carboxylic acids is 1. The minimum Gasteiger partial charge on any atom is -0.463 e. The van der Waals surface area contributed by atoms with Gasteiger partial charge in [-0.05, 0) is 38.1 Å². The minimum absolute atomic E-state index is 0.240. The van der Waals surface area contributed by atoms with Gasteiger partial charge >= 0.3 is 0 Å². The zero-order valence-corrected chi connectivity index (χ0v) is 12.5. The first kappa shape index (κ1) is 16.6. The van der Waals surface area contributed by atoms with Gasteiger partial charge in [0, 0.05) is 6.07 Å². The minimum atomic E-state index is -1.51. The number of nitro benzene ring substituents is 1. The average molecular weight is 322 g/mol. The van der Waals surface area contributed by atoms with Crippen molar-refractivity contribution in [1.29, 1.82) is 0 Å². The number of hydrogen-bond donors (Lipinski definition) is 2. The lowest BCUT2D eigenvalue weighted by atomic mass is 10.0. The third-order valence-corrected chi connectivity index (χ3v) is 3.26. The summed E-state index contributed by atoms with van der Waals surface area (Å²) in [4.78, 5) is 22.2. The maximum Gasteiger partial charge on any atom is 0.282 e. The molecule has 1 heterocycles. The highest BCUT2D eigenvalue weighted by Gasteiger charge is 2.29. The SMILES string of the molecule is Cc1ccc(C(C)(O)CNC(=O)c2cc(F)ccc2[N+](=O)[O-])o1. The molecule has 2 aromatic rings. The number of aryl methyl sites for hydroxylation is 1. The van der Waals surface area contributed by atoms with Crippen LogP contribution in [0.4, 0.5) is 10.1 Å². The molecule has 122 valence electrons. The van der Waals surface area contributed by atoms with E-state index in [1.165, 1.54) is 6.92 Å². The first-order valence-electron chi connectivity index (χ1n) is 6.72. The van der Waals surface area contributed by atoms with Gasteiger partial charge < -0.3 is 14.8 Å². The van der Waals surface area contributed by atoms with Crippen molar-refractivity contribution in [2.75, 3.05) is 6.54 Å². The molecule has 1 unspecified atom stereocenters. The largest absolute Gasteiger partial charge is 0.463 e. The Balaban J connectivity index is 2.17. The van der Waals surface area contributed by atoms with Crippen LogP contribution in [0.5, 0.6) is 0 Å². The quantitative estimate of drug-likeness (QED) is 0.649. The summed E-state index contributed by atoms with van der Waals surface area (Å²) < 4.78 is 18.5. The van der Waals surface area contributed by atoms with Gasteiger partial charge in [0.1, 0.15) is 28.5 Å². The van der Waals surface area contributed by atoms with Crippen LogP contribution in [-0.2, 0) is 5.60 Å². The fourth-order valence-corrected chi connectivity index (χ4v) is 2.01. The summed E-state index contributed by atoms with van der Waals surface area (Å²) in [6, 6.07) is 5.81. The molecule has 2 rings (SSSR count). The Labute approximate surface area is 130 Å². The predicted octanol–water partition coefficient (Wildman–Crippen LogP) is 2.27. The number of furan rings is 1. The number of halogens is 1. The standard InChI is InChI=1S/C15H15FN2O5/c1-9-3-6-13(23-9)15(2,20)8-17-14(19)11-7-10(16)4-5-12(11)18(21)22/h3-7,20H,8H2,1-2H3,(H,17,19). The van der Waals surface area contributed by atoms with Crippen LogP contribution >= 0.6 is 0 Å². The molecule has 0 saturated heterocycles. The third kappa shape index (κ3) is 3.72. The Hall–Kier alpha value is -2.74. The summed E-state index contributed by atoms with van der Waals surface area (Å²) in [5.41, 5.74) is -2.44. The van der Waals surface area contributed by atoms with E-state index < -0.39 is 33.5 Å². The predicted molar refractivity (Wildman–Crippen MR) is 78.4 cm³/mol. The molecule has 23 heavy (non-hydrogen) atoms. The van der Waals surface area contributed by atoms with Crippen molar-refractivity contribution in [2.45, 2.75) is 19.4 Å². The number of hydrogen-bond acceptors (Lipinski definition) is 5. The van der Waals surface area contributed by atoms with Crippen molar-refractivity contribution in [1.82, 2.24) is 5.32 Å². The second kappa shape index (κ2) is 6.17. The summed E-state index contributed by atoms with van der Waals surface area (Å²) in [7, 11) is 0. The van der Waals surface area contributed by atoms with Gasteiger partial charge in [-0.15, -0.1) is 0 Å². The average Bonchev–Trinajstić information content (AvgIpc) is 2.92. The molecule has 0 aliphatic heterocycles. The van der Waals surface area contributed by atoms with Crippen molar-refractivity contribution >= 4 is 11.6 Å². The topological polar surface area (TPSA) is 106 Å². The Bertz CT molecular complexity index is 754. The van der Waals surface area contributed by atoms with E-state index in [-0.39, 0.29) is 12.3 Å². The van der Waals surface area contributed by atoms with E-state index in [2.05, 4.69) is 5.32 Å². The highest BCUT2D eigenvalue weighted by molar-refractivity contribution is 5.98. The van der Waals surface area contributed by atoms with Crippen molar-refractivity contribution < 1.29 is 23.6 Å². The Morgan fingerprint density at radius 3 is 2.70 bits per heavy atom. The summed E-state index contributed by atoms with van der Waals surface area (Å²) in [5.74, 6) is -0.801. The van der Waals surface area contributed by atoms with Crippen molar-refractivity contribution in [3.05, 3.63) is 63.3 Å². The number of aliphatic hydroxyl groups is 1. The van der Waals surface area contributed by atoms with Crippen LogP contribution in [0.2, 0.25) is 0 Å². The summed E-state index contributed by atoms with van der Waals surface area (Å²) in [6.45, 7) is 2.87. The number of rotatable bonds is 5. The van der Waals surface area contributed by atoms with E-state index in [1.807, 2.05) is 0 Å². The highest BCUT2D eigenvalue weighted by Crippen LogP contribution is 2.23. The summed E-state index contributed by atoms with van der Waals surface area (Å²) >= 11 is 0.